The lowest BCUT2D eigenvalue weighted by atomic mass is 10.1. The van der Waals surface area contributed by atoms with Gasteiger partial charge in [-0.25, -0.2) is 0 Å². The van der Waals surface area contributed by atoms with Gasteiger partial charge in [0.15, 0.2) is 0 Å². The number of benzene rings is 1. The van der Waals surface area contributed by atoms with Crippen LogP contribution in [0.3, 0.4) is 0 Å². The Morgan fingerprint density at radius 3 is 2.41 bits per heavy atom. The quantitative estimate of drug-likeness (QED) is 0.791. The Kier molecular flexibility index (Phi) is 4.97. The van der Waals surface area contributed by atoms with Gasteiger partial charge in [-0.15, -0.1) is 0 Å². The fourth-order valence-corrected chi connectivity index (χ4v) is 1.45. The minimum atomic E-state index is -0.954. The van der Waals surface area contributed by atoms with Gasteiger partial charge in [-0.1, -0.05) is 12.1 Å². The van der Waals surface area contributed by atoms with Gasteiger partial charge in [-0.05, 0) is 44.4 Å². The molecule has 1 aromatic rings. The van der Waals surface area contributed by atoms with Gasteiger partial charge >= 0.3 is 5.97 Å². The summed E-state index contributed by atoms with van der Waals surface area (Å²) in [5.41, 5.74) is 6.50. The highest BCUT2D eigenvalue weighted by atomic mass is 16.5. The molecule has 4 nitrogen and oxygen atoms in total. The van der Waals surface area contributed by atoms with Crippen molar-refractivity contribution in [1.29, 1.82) is 0 Å². The number of aliphatic carboxylic acids is 1. The number of carboxylic acids is 1. The average molecular weight is 237 g/mol. The molecular weight excluding hydrogens is 218 g/mol. The van der Waals surface area contributed by atoms with E-state index in [1.165, 1.54) is 0 Å². The van der Waals surface area contributed by atoms with E-state index in [9.17, 15) is 4.79 Å². The highest BCUT2D eigenvalue weighted by molar-refractivity contribution is 5.73. The second-order valence-corrected chi connectivity index (χ2v) is 4.29. The third-order valence-corrected chi connectivity index (χ3v) is 2.36. The van der Waals surface area contributed by atoms with Crippen LogP contribution in [-0.2, 0) is 11.2 Å². The molecule has 0 saturated carbocycles. The van der Waals surface area contributed by atoms with Crippen LogP contribution in [0.25, 0.3) is 0 Å². The molecule has 1 aromatic carbocycles. The first kappa shape index (κ1) is 13.5. The van der Waals surface area contributed by atoms with Crippen molar-refractivity contribution in [1.82, 2.24) is 0 Å². The largest absolute Gasteiger partial charge is 0.491 e. The second-order valence-electron chi connectivity index (χ2n) is 4.29. The van der Waals surface area contributed by atoms with E-state index in [1.807, 2.05) is 38.1 Å². The molecule has 1 unspecified atom stereocenters. The van der Waals surface area contributed by atoms with Crippen molar-refractivity contribution < 1.29 is 14.6 Å². The number of aryl methyl sites for hydroxylation is 1. The summed E-state index contributed by atoms with van der Waals surface area (Å²) in [6, 6.07) is 6.86. The van der Waals surface area contributed by atoms with E-state index in [4.69, 9.17) is 15.6 Å². The summed E-state index contributed by atoms with van der Waals surface area (Å²) in [7, 11) is 0. The standard InChI is InChI=1S/C13H19NO3/c1-9(2)17-11-6-3-10(4-7-11)5-8-12(14)13(15)16/h3-4,6-7,9,12H,5,8,14H2,1-2H3,(H,15,16). The van der Waals surface area contributed by atoms with Crippen molar-refractivity contribution in [2.45, 2.75) is 38.8 Å². The Morgan fingerprint density at radius 1 is 1.35 bits per heavy atom. The second kappa shape index (κ2) is 6.25. The molecule has 1 rings (SSSR count). The van der Waals surface area contributed by atoms with Gasteiger partial charge in [0, 0.05) is 0 Å². The zero-order valence-electron chi connectivity index (χ0n) is 10.2. The Morgan fingerprint density at radius 2 is 1.94 bits per heavy atom. The Bertz CT molecular complexity index is 359. The fraction of sp³-hybridized carbons (Fsp3) is 0.462. The molecule has 0 bridgehead atoms. The predicted molar refractivity (Wildman–Crippen MR) is 66.1 cm³/mol. The maximum atomic E-state index is 10.6. The van der Waals surface area contributed by atoms with Crippen LogP contribution >= 0.6 is 0 Å². The van der Waals surface area contributed by atoms with Crippen molar-refractivity contribution in [3.05, 3.63) is 29.8 Å². The van der Waals surface area contributed by atoms with Gasteiger partial charge in [0.25, 0.3) is 0 Å². The molecule has 0 aliphatic rings. The van der Waals surface area contributed by atoms with Crippen molar-refractivity contribution in [3.8, 4) is 5.75 Å². The average Bonchev–Trinajstić information content (AvgIpc) is 2.26. The molecule has 17 heavy (non-hydrogen) atoms. The van der Waals surface area contributed by atoms with Crippen LogP contribution in [0.1, 0.15) is 25.8 Å². The summed E-state index contributed by atoms with van der Waals surface area (Å²) in [6.45, 7) is 3.94. The predicted octanol–water partition coefficient (Wildman–Crippen LogP) is 1.82. The fourth-order valence-electron chi connectivity index (χ4n) is 1.45. The summed E-state index contributed by atoms with van der Waals surface area (Å²) in [5.74, 6) is -0.129. The molecule has 0 heterocycles. The van der Waals surface area contributed by atoms with Crippen LogP contribution in [0.15, 0.2) is 24.3 Å². The number of hydrogen-bond donors (Lipinski definition) is 2. The number of carbonyl (C=O) groups is 1. The van der Waals surface area contributed by atoms with Gasteiger partial charge in [0.1, 0.15) is 11.8 Å². The summed E-state index contributed by atoms with van der Waals surface area (Å²) in [5, 5.41) is 8.66. The number of carboxylic acid groups (broad SMARTS) is 1. The van der Waals surface area contributed by atoms with Gasteiger partial charge < -0.3 is 15.6 Å². The lowest BCUT2D eigenvalue weighted by molar-refractivity contribution is -0.138. The molecule has 3 N–H and O–H groups in total. The maximum absolute atomic E-state index is 10.6. The normalized spacial score (nSPS) is 12.5. The van der Waals surface area contributed by atoms with E-state index < -0.39 is 12.0 Å². The number of ether oxygens (including phenoxy) is 1. The van der Waals surface area contributed by atoms with Gasteiger partial charge in [0.2, 0.25) is 0 Å². The molecule has 0 aliphatic carbocycles. The summed E-state index contributed by atoms with van der Waals surface area (Å²) >= 11 is 0. The molecule has 94 valence electrons. The summed E-state index contributed by atoms with van der Waals surface area (Å²) < 4.78 is 5.51. The molecule has 0 fully saturated rings. The minimum absolute atomic E-state index is 0.154. The van der Waals surface area contributed by atoms with E-state index in [1.54, 1.807) is 0 Å². The lowest BCUT2D eigenvalue weighted by Gasteiger charge is -2.10. The third kappa shape index (κ3) is 4.87. The van der Waals surface area contributed by atoms with Crippen LogP contribution < -0.4 is 10.5 Å². The first-order chi connectivity index (χ1) is 7.99. The van der Waals surface area contributed by atoms with E-state index in [0.29, 0.717) is 12.8 Å². The van der Waals surface area contributed by atoms with Crippen molar-refractivity contribution >= 4 is 5.97 Å². The highest BCUT2D eigenvalue weighted by Gasteiger charge is 2.10. The maximum Gasteiger partial charge on any atom is 0.320 e. The molecule has 0 saturated heterocycles. The molecule has 1 atom stereocenters. The van der Waals surface area contributed by atoms with Crippen molar-refractivity contribution in [3.63, 3.8) is 0 Å². The van der Waals surface area contributed by atoms with Crippen LogP contribution in [-0.4, -0.2) is 23.2 Å². The first-order valence-corrected chi connectivity index (χ1v) is 5.73. The Hall–Kier alpha value is -1.55. The molecular formula is C13H19NO3. The molecule has 0 aromatic heterocycles. The monoisotopic (exact) mass is 237 g/mol. The van der Waals surface area contributed by atoms with Crippen LogP contribution in [0.4, 0.5) is 0 Å². The van der Waals surface area contributed by atoms with E-state index >= 15 is 0 Å². The van der Waals surface area contributed by atoms with Crippen molar-refractivity contribution in [2.75, 3.05) is 0 Å². The number of nitrogens with two attached hydrogens (primary N) is 1. The number of rotatable bonds is 6. The van der Waals surface area contributed by atoms with Crippen molar-refractivity contribution in [2.24, 2.45) is 5.73 Å². The summed E-state index contributed by atoms with van der Waals surface area (Å²) in [6.07, 6.45) is 1.26. The highest BCUT2D eigenvalue weighted by Crippen LogP contribution is 2.15. The van der Waals surface area contributed by atoms with E-state index in [2.05, 4.69) is 0 Å². The first-order valence-electron chi connectivity index (χ1n) is 5.73. The smallest absolute Gasteiger partial charge is 0.320 e. The van der Waals surface area contributed by atoms with Gasteiger partial charge in [-0.2, -0.15) is 0 Å². The molecule has 0 aliphatic heterocycles. The summed E-state index contributed by atoms with van der Waals surface area (Å²) in [4.78, 5) is 10.6. The van der Waals surface area contributed by atoms with Crippen LogP contribution in [0.5, 0.6) is 5.75 Å². The zero-order chi connectivity index (χ0) is 12.8. The Balaban J connectivity index is 2.48. The third-order valence-electron chi connectivity index (χ3n) is 2.36. The molecule has 0 spiro atoms. The zero-order valence-corrected chi connectivity index (χ0v) is 10.2. The SMILES string of the molecule is CC(C)Oc1ccc(CCC(N)C(=O)O)cc1. The Labute approximate surface area is 101 Å². The van der Waals surface area contributed by atoms with Crippen LogP contribution in [0.2, 0.25) is 0 Å². The molecule has 0 amide bonds. The van der Waals surface area contributed by atoms with E-state index in [-0.39, 0.29) is 6.10 Å². The molecule has 4 heteroatoms. The lowest BCUT2D eigenvalue weighted by Crippen LogP contribution is -2.30. The van der Waals surface area contributed by atoms with Gasteiger partial charge in [-0.3, -0.25) is 4.79 Å². The molecule has 0 radical (unpaired) electrons. The number of hydrogen-bond acceptors (Lipinski definition) is 3. The van der Waals surface area contributed by atoms with E-state index in [0.717, 1.165) is 11.3 Å². The topological polar surface area (TPSA) is 72.5 Å². The van der Waals surface area contributed by atoms with Gasteiger partial charge in [0.05, 0.1) is 6.10 Å². The van der Waals surface area contributed by atoms with Crippen LogP contribution in [0, 0.1) is 0 Å². The minimum Gasteiger partial charge on any atom is -0.491 e.